The standard InChI is InChI=1S/C32H42N2O9/c1-20(2)31(36)40-19-39-29-25(38-4)17-18-33-27(29)30(35)34-24-15-10-16-26(42-22-13-8-9-14-22)28(21(3)41-32(24)37)43-23-11-6-5-7-12-23/h5-7,11-12,17-18,20-22,24,26,28H,8-10,13-16,19H2,1-4H3,(H,34,35)/t21-,24-,26-,28-/m0/s1. The van der Waals surface area contributed by atoms with Crippen LogP contribution in [0.2, 0.25) is 0 Å². The number of carbonyl (C=O) groups excluding carboxylic acids is 3. The summed E-state index contributed by atoms with van der Waals surface area (Å²) in [5.74, 6) is -1.17. The molecule has 43 heavy (non-hydrogen) atoms. The van der Waals surface area contributed by atoms with Crippen molar-refractivity contribution in [2.24, 2.45) is 5.92 Å². The molecule has 1 aromatic carbocycles. The minimum absolute atomic E-state index is 0.00906. The summed E-state index contributed by atoms with van der Waals surface area (Å²) < 4.78 is 34.9. The molecule has 1 amide bonds. The van der Waals surface area contributed by atoms with Gasteiger partial charge in [-0.15, -0.1) is 0 Å². The number of para-hydroxylation sites is 1. The Balaban J connectivity index is 1.49. The molecule has 1 aliphatic heterocycles. The topological polar surface area (TPSA) is 132 Å². The minimum atomic E-state index is -0.947. The van der Waals surface area contributed by atoms with E-state index in [0.717, 1.165) is 25.7 Å². The molecule has 4 atom stereocenters. The summed E-state index contributed by atoms with van der Waals surface area (Å²) in [5.41, 5.74) is -0.117. The number of hydrogen-bond acceptors (Lipinski definition) is 10. The maximum absolute atomic E-state index is 13.4. The maximum Gasteiger partial charge on any atom is 0.329 e. The zero-order valence-electron chi connectivity index (χ0n) is 25.3. The summed E-state index contributed by atoms with van der Waals surface area (Å²) in [6.45, 7) is 4.74. The highest BCUT2D eigenvalue weighted by molar-refractivity contribution is 5.98. The van der Waals surface area contributed by atoms with Crippen LogP contribution in [-0.2, 0) is 23.8 Å². The molecule has 2 aliphatic rings. The van der Waals surface area contributed by atoms with Crippen LogP contribution >= 0.6 is 0 Å². The number of pyridine rings is 1. The quantitative estimate of drug-likeness (QED) is 0.289. The van der Waals surface area contributed by atoms with Crippen molar-refractivity contribution in [3.63, 3.8) is 0 Å². The van der Waals surface area contributed by atoms with Gasteiger partial charge in [-0.3, -0.25) is 9.59 Å². The first-order valence-electron chi connectivity index (χ1n) is 15.0. The smallest absolute Gasteiger partial charge is 0.329 e. The monoisotopic (exact) mass is 598 g/mol. The number of ether oxygens (including phenoxy) is 6. The summed E-state index contributed by atoms with van der Waals surface area (Å²) >= 11 is 0. The fourth-order valence-electron chi connectivity index (χ4n) is 5.25. The molecule has 11 heteroatoms. The number of esters is 2. The van der Waals surface area contributed by atoms with Crippen molar-refractivity contribution < 1.29 is 42.8 Å². The third-order valence-electron chi connectivity index (χ3n) is 7.57. The largest absolute Gasteiger partial charge is 0.493 e. The van der Waals surface area contributed by atoms with Gasteiger partial charge in [0.05, 0.1) is 25.2 Å². The van der Waals surface area contributed by atoms with Crippen molar-refractivity contribution in [2.45, 2.75) is 96.2 Å². The zero-order chi connectivity index (χ0) is 30.8. The molecule has 2 heterocycles. The predicted octanol–water partition coefficient (Wildman–Crippen LogP) is 4.62. The molecular weight excluding hydrogens is 556 g/mol. The molecular formula is C32H42N2O9. The Morgan fingerprint density at radius 2 is 1.79 bits per heavy atom. The fourth-order valence-corrected chi connectivity index (χ4v) is 5.25. The highest BCUT2D eigenvalue weighted by atomic mass is 16.7. The lowest BCUT2D eigenvalue weighted by molar-refractivity contribution is -0.161. The van der Waals surface area contributed by atoms with E-state index in [1.807, 2.05) is 30.3 Å². The third-order valence-corrected chi connectivity index (χ3v) is 7.57. The number of hydrogen-bond donors (Lipinski definition) is 1. The van der Waals surface area contributed by atoms with E-state index in [1.165, 1.54) is 19.4 Å². The predicted molar refractivity (Wildman–Crippen MR) is 156 cm³/mol. The Morgan fingerprint density at radius 1 is 1.05 bits per heavy atom. The van der Waals surface area contributed by atoms with Gasteiger partial charge in [-0.25, -0.2) is 9.78 Å². The number of methoxy groups -OCH3 is 1. The van der Waals surface area contributed by atoms with Crippen LogP contribution in [0.5, 0.6) is 17.2 Å². The first kappa shape index (κ1) is 32.1. The molecule has 0 bridgehead atoms. The molecule has 0 spiro atoms. The van der Waals surface area contributed by atoms with E-state index >= 15 is 0 Å². The first-order chi connectivity index (χ1) is 20.8. The van der Waals surface area contributed by atoms with Crippen molar-refractivity contribution >= 4 is 17.8 Å². The van der Waals surface area contributed by atoms with Crippen LogP contribution in [0.15, 0.2) is 42.6 Å². The van der Waals surface area contributed by atoms with E-state index < -0.39 is 42.9 Å². The molecule has 11 nitrogen and oxygen atoms in total. The van der Waals surface area contributed by atoms with Gasteiger partial charge in [0.2, 0.25) is 6.79 Å². The van der Waals surface area contributed by atoms with Gasteiger partial charge in [0, 0.05) is 12.3 Å². The normalized spacial score (nSPS) is 23.0. The van der Waals surface area contributed by atoms with Crippen molar-refractivity contribution in [3.05, 3.63) is 48.3 Å². The molecule has 4 rings (SSSR count). The Kier molecular flexibility index (Phi) is 11.6. The highest BCUT2D eigenvalue weighted by Gasteiger charge is 2.38. The van der Waals surface area contributed by atoms with E-state index in [-0.39, 0.29) is 35.3 Å². The zero-order valence-corrected chi connectivity index (χ0v) is 25.3. The van der Waals surface area contributed by atoms with Crippen molar-refractivity contribution in [1.29, 1.82) is 0 Å². The van der Waals surface area contributed by atoms with E-state index in [1.54, 1.807) is 20.8 Å². The van der Waals surface area contributed by atoms with Gasteiger partial charge in [-0.05, 0) is 51.2 Å². The van der Waals surface area contributed by atoms with Gasteiger partial charge in [-0.2, -0.15) is 0 Å². The number of amides is 1. The van der Waals surface area contributed by atoms with Crippen molar-refractivity contribution in [1.82, 2.24) is 10.3 Å². The van der Waals surface area contributed by atoms with Crippen LogP contribution in [0.25, 0.3) is 0 Å². The molecule has 2 aromatic rings. The van der Waals surface area contributed by atoms with Crippen LogP contribution in [0.3, 0.4) is 0 Å². The van der Waals surface area contributed by atoms with Gasteiger partial charge in [0.25, 0.3) is 5.91 Å². The number of carbonyl (C=O) groups is 3. The van der Waals surface area contributed by atoms with E-state index in [2.05, 4.69) is 10.3 Å². The van der Waals surface area contributed by atoms with Gasteiger partial charge in [0.15, 0.2) is 23.3 Å². The molecule has 1 saturated carbocycles. The molecule has 234 valence electrons. The summed E-state index contributed by atoms with van der Waals surface area (Å²) in [5, 5.41) is 2.76. The van der Waals surface area contributed by atoms with Crippen LogP contribution in [0, 0.1) is 5.92 Å². The molecule has 1 aromatic heterocycles. The van der Waals surface area contributed by atoms with Crippen molar-refractivity contribution in [3.8, 4) is 17.2 Å². The number of nitrogens with zero attached hydrogens (tertiary/aromatic N) is 1. The summed E-state index contributed by atoms with van der Waals surface area (Å²) in [7, 11) is 1.42. The lowest BCUT2D eigenvalue weighted by Crippen LogP contribution is -2.47. The fraction of sp³-hybridized carbons (Fsp3) is 0.562. The molecule has 1 N–H and O–H groups in total. The second kappa shape index (κ2) is 15.6. The SMILES string of the molecule is COc1ccnc(C(=O)N[C@H]2CCC[C@H](OC3CCCC3)[C@@H](Oc3ccccc3)[C@H](C)OC2=O)c1OCOC(=O)C(C)C. The highest BCUT2D eigenvalue weighted by Crippen LogP contribution is 2.31. The van der Waals surface area contributed by atoms with Gasteiger partial charge >= 0.3 is 11.9 Å². The van der Waals surface area contributed by atoms with E-state index in [4.69, 9.17) is 28.4 Å². The first-order valence-corrected chi connectivity index (χ1v) is 15.0. The number of benzene rings is 1. The van der Waals surface area contributed by atoms with Crippen LogP contribution in [0.4, 0.5) is 0 Å². The Bertz CT molecular complexity index is 1220. The number of rotatable bonds is 11. The average Bonchev–Trinajstić information content (AvgIpc) is 3.53. The van der Waals surface area contributed by atoms with Crippen LogP contribution in [0.1, 0.15) is 76.2 Å². The lowest BCUT2D eigenvalue weighted by atomic mass is 10.0. The van der Waals surface area contributed by atoms with Gasteiger partial charge in [-0.1, -0.05) is 44.9 Å². The summed E-state index contributed by atoms with van der Waals surface area (Å²) in [6, 6.07) is 9.98. The van der Waals surface area contributed by atoms with E-state index in [9.17, 15) is 14.4 Å². The molecule has 0 radical (unpaired) electrons. The molecule has 1 aliphatic carbocycles. The maximum atomic E-state index is 13.4. The van der Waals surface area contributed by atoms with E-state index in [0.29, 0.717) is 25.0 Å². The molecule has 2 fully saturated rings. The average molecular weight is 599 g/mol. The molecule has 1 saturated heterocycles. The van der Waals surface area contributed by atoms with Crippen molar-refractivity contribution in [2.75, 3.05) is 13.9 Å². The number of nitrogens with one attached hydrogen (secondary N) is 1. The van der Waals surface area contributed by atoms with Gasteiger partial charge < -0.3 is 33.7 Å². The van der Waals surface area contributed by atoms with Gasteiger partial charge in [0.1, 0.15) is 17.9 Å². The Labute approximate surface area is 252 Å². The third kappa shape index (κ3) is 8.82. The summed E-state index contributed by atoms with van der Waals surface area (Å²) in [4.78, 5) is 42.9. The Hall–Kier alpha value is -3.86. The second-order valence-corrected chi connectivity index (χ2v) is 11.1. The number of cyclic esters (lactones) is 1. The van der Waals surface area contributed by atoms with Crippen LogP contribution in [-0.4, -0.2) is 67.2 Å². The molecule has 0 unspecified atom stereocenters. The lowest BCUT2D eigenvalue weighted by Gasteiger charge is -2.33. The van der Waals surface area contributed by atoms with Crippen LogP contribution < -0.4 is 19.5 Å². The second-order valence-electron chi connectivity index (χ2n) is 11.1. The summed E-state index contributed by atoms with van der Waals surface area (Å²) in [6.07, 6.45) is 5.83. The minimum Gasteiger partial charge on any atom is -0.493 e. The number of aromatic nitrogens is 1. The Morgan fingerprint density at radius 3 is 2.49 bits per heavy atom.